The van der Waals surface area contributed by atoms with E-state index in [2.05, 4.69) is 43.1 Å². The van der Waals surface area contributed by atoms with E-state index in [9.17, 15) is 9.18 Å². The summed E-state index contributed by atoms with van der Waals surface area (Å²) in [6.07, 6.45) is 3.09. The third kappa shape index (κ3) is 4.71. The van der Waals surface area contributed by atoms with E-state index in [1.807, 2.05) is 12.1 Å². The molecule has 0 fully saturated rings. The fraction of sp³-hybridized carbons (Fsp3) is 0.227. The zero-order chi connectivity index (χ0) is 22.1. The maximum Gasteiger partial charge on any atom is 0.292 e. The van der Waals surface area contributed by atoms with Crippen LogP contribution in [0.15, 0.2) is 58.6 Å². The van der Waals surface area contributed by atoms with E-state index in [0.717, 1.165) is 16.3 Å². The van der Waals surface area contributed by atoms with Gasteiger partial charge in [-0.25, -0.2) is 4.39 Å². The van der Waals surface area contributed by atoms with Crippen LogP contribution in [-0.2, 0) is 5.41 Å². The van der Waals surface area contributed by atoms with Crippen LogP contribution in [0.3, 0.4) is 0 Å². The predicted octanol–water partition coefficient (Wildman–Crippen LogP) is 5.45. The van der Waals surface area contributed by atoms with Crippen molar-refractivity contribution < 1.29 is 4.39 Å². The van der Waals surface area contributed by atoms with Crippen molar-refractivity contribution in [2.75, 3.05) is 12.1 Å². The summed E-state index contributed by atoms with van der Waals surface area (Å²) in [7, 11) is 1.67. The van der Waals surface area contributed by atoms with Crippen molar-refractivity contribution >= 4 is 35.1 Å². The molecule has 0 amide bonds. The molecule has 0 aliphatic rings. The van der Waals surface area contributed by atoms with E-state index in [1.54, 1.807) is 13.3 Å². The second kappa shape index (κ2) is 8.58. The summed E-state index contributed by atoms with van der Waals surface area (Å²) in [5.41, 5.74) is 2.30. The topological polar surface area (TPSA) is 50.5 Å². The summed E-state index contributed by atoms with van der Waals surface area (Å²) in [5, 5.41) is 9.77. The number of nitrogens with zero attached hydrogens (tertiary/aromatic N) is 4. The second-order valence-corrected chi connectivity index (χ2v) is 8.58. The third-order valence-electron chi connectivity index (χ3n) is 4.55. The highest BCUT2D eigenvalue weighted by atomic mass is 35.5. The molecular weight excluding hydrogens is 426 g/mol. The van der Waals surface area contributed by atoms with Gasteiger partial charge in [-0.1, -0.05) is 68.2 Å². The Hall–Kier alpha value is -2.70. The van der Waals surface area contributed by atoms with Crippen LogP contribution in [0, 0.1) is 5.82 Å². The Kier molecular flexibility index (Phi) is 6.29. The average molecular weight is 447 g/mol. The molecule has 0 spiro atoms. The monoisotopic (exact) mass is 446 g/mol. The largest absolute Gasteiger partial charge is 0.292 e. The van der Waals surface area contributed by atoms with Crippen LogP contribution in [0.2, 0.25) is 10.0 Å². The van der Waals surface area contributed by atoms with Gasteiger partial charge < -0.3 is 0 Å². The molecule has 3 aromatic rings. The van der Waals surface area contributed by atoms with E-state index < -0.39 is 11.4 Å². The molecule has 0 saturated carbocycles. The molecule has 3 rings (SSSR count). The first-order valence-corrected chi connectivity index (χ1v) is 9.95. The number of rotatable bonds is 4. The Balaban J connectivity index is 1.85. The molecule has 0 aliphatic heterocycles. The molecule has 0 radical (unpaired) electrons. The van der Waals surface area contributed by atoms with Crippen LogP contribution in [0.25, 0.3) is 5.69 Å². The van der Waals surface area contributed by atoms with Crippen LogP contribution in [-0.4, -0.2) is 23.0 Å². The van der Waals surface area contributed by atoms with Crippen LogP contribution >= 0.6 is 23.2 Å². The molecule has 0 N–H and O–H groups in total. The normalized spacial score (nSPS) is 11.8. The fourth-order valence-corrected chi connectivity index (χ4v) is 3.16. The minimum absolute atomic E-state index is 0.0619. The van der Waals surface area contributed by atoms with E-state index in [-0.39, 0.29) is 15.5 Å². The molecule has 0 aliphatic carbocycles. The summed E-state index contributed by atoms with van der Waals surface area (Å²) >= 11 is 12.1. The molecule has 8 heteroatoms. The lowest BCUT2D eigenvalue weighted by Crippen LogP contribution is -2.24. The molecule has 1 aromatic heterocycles. The number of halogens is 3. The summed E-state index contributed by atoms with van der Waals surface area (Å²) in [6, 6.07) is 12.0. The second-order valence-electron chi connectivity index (χ2n) is 7.80. The summed E-state index contributed by atoms with van der Waals surface area (Å²) in [4.78, 5) is 12.6. The first-order chi connectivity index (χ1) is 14.1. The molecule has 0 saturated heterocycles. The smallest absolute Gasteiger partial charge is 0.266 e. The Bertz CT molecular complexity index is 1150. The Morgan fingerprint density at radius 1 is 1.13 bits per heavy atom. The molecule has 5 nitrogen and oxygen atoms in total. The van der Waals surface area contributed by atoms with E-state index in [1.165, 1.54) is 28.9 Å². The van der Waals surface area contributed by atoms with Gasteiger partial charge in [0, 0.05) is 7.05 Å². The van der Waals surface area contributed by atoms with E-state index in [4.69, 9.17) is 23.2 Å². The minimum Gasteiger partial charge on any atom is -0.266 e. The van der Waals surface area contributed by atoms with Gasteiger partial charge in [0.15, 0.2) is 0 Å². The molecule has 0 bridgehead atoms. The number of aromatic nitrogens is 2. The standard InChI is InChI=1S/C22H21Cl2FN4O/c1-22(2,3)15-7-5-14(6-8-15)12-26-28(4)19-13-27-29(21(30)20(19)24)16-9-10-18(25)17(23)11-16/h5-13H,1-4H3/b26-12+. The van der Waals surface area contributed by atoms with Gasteiger partial charge in [-0.2, -0.15) is 14.9 Å². The van der Waals surface area contributed by atoms with Gasteiger partial charge in [0.2, 0.25) is 0 Å². The fourth-order valence-electron chi connectivity index (χ4n) is 2.74. The molecule has 0 unspecified atom stereocenters. The quantitative estimate of drug-likeness (QED) is 0.395. The number of hydrogen-bond acceptors (Lipinski definition) is 4. The van der Waals surface area contributed by atoms with E-state index >= 15 is 0 Å². The van der Waals surface area contributed by atoms with Gasteiger partial charge in [0.25, 0.3) is 5.56 Å². The van der Waals surface area contributed by atoms with Crippen molar-refractivity contribution in [3.8, 4) is 5.69 Å². The maximum atomic E-state index is 13.4. The highest BCUT2D eigenvalue weighted by Gasteiger charge is 2.15. The minimum atomic E-state index is -0.583. The van der Waals surface area contributed by atoms with Crippen LogP contribution < -0.4 is 10.6 Å². The Labute approximate surface area is 184 Å². The van der Waals surface area contributed by atoms with Gasteiger partial charge in [-0.3, -0.25) is 9.80 Å². The summed E-state index contributed by atoms with van der Waals surface area (Å²) in [6.45, 7) is 6.46. The maximum absolute atomic E-state index is 13.4. The van der Waals surface area contributed by atoms with Crippen molar-refractivity contribution in [1.82, 2.24) is 9.78 Å². The molecule has 0 atom stereocenters. The lowest BCUT2D eigenvalue weighted by molar-refractivity contribution is 0.590. The molecule has 1 heterocycles. The Morgan fingerprint density at radius 2 is 1.80 bits per heavy atom. The zero-order valence-corrected chi connectivity index (χ0v) is 18.5. The molecule has 2 aromatic carbocycles. The van der Waals surface area contributed by atoms with Gasteiger partial charge in [0.05, 0.1) is 23.1 Å². The first-order valence-electron chi connectivity index (χ1n) is 9.19. The average Bonchev–Trinajstić information content (AvgIpc) is 2.70. The van der Waals surface area contributed by atoms with Crippen molar-refractivity contribution in [3.05, 3.63) is 86.0 Å². The van der Waals surface area contributed by atoms with Crippen molar-refractivity contribution in [3.63, 3.8) is 0 Å². The highest BCUT2D eigenvalue weighted by molar-refractivity contribution is 6.33. The SMILES string of the molecule is CN(/N=C/c1ccc(C(C)(C)C)cc1)c1cnn(-c2ccc(F)c(Cl)c2)c(=O)c1Cl. The molecular formula is C22H21Cl2FN4O. The Morgan fingerprint density at radius 3 is 2.40 bits per heavy atom. The van der Waals surface area contributed by atoms with Gasteiger partial charge in [-0.15, -0.1) is 0 Å². The lowest BCUT2D eigenvalue weighted by atomic mass is 9.87. The van der Waals surface area contributed by atoms with E-state index in [0.29, 0.717) is 11.4 Å². The predicted molar refractivity (Wildman–Crippen MR) is 121 cm³/mol. The third-order valence-corrected chi connectivity index (χ3v) is 5.20. The number of benzene rings is 2. The lowest BCUT2D eigenvalue weighted by Gasteiger charge is -2.19. The van der Waals surface area contributed by atoms with Gasteiger partial charge in [-0.05, 0) is 34.7 Å². The van der Waals surface area contributed by atoms with Crippen LogP contribution in [0.4, 0.5) is 10.1 Å². The van der Waals surface area contributed by atoms with Crippen LogP contribution in [0.5, 0.6) is 0 Å². The van der Waals surface area contributed by atoms with Gasteiger partial charge in [0.1, 0.15) is 16.5 Å². The van der Waals surface area contributed by atoms with Crippen molar-refractivity contribution in [2.24, 2.45) is 5.10 Å². The van der Waals surface area contributed by atoms with Crippen molar-refractivity contribution in [1.29, 1.82) is 0 Å². The number of anilines is 1. The highest BCUT2D eigenvalue weighted by Crippen LogP contribution is 2.23. The number of hydrazone groups is 1. The van der Waals surface area contributed by atoms with Crippen LogP contribution in [0.1, 0.15) is 31.9 Å². The zero-order valence-electron chi connectivity index (χ0n) is 17.0. The molecule has 30 heavy (non-hydrogen) atoms. The molecule has 156 valence electrons. The summed E-state index contributed by atoms with van der Waals surface area (Å²) < 4.78 is 14.4. The van der Waals surface area contributed by atoms with Gasteiger partial charge >= 0.3 is 0 Å². The first kappa shape index (κ1) is 22.0. The summed E-state index contributed by atoms with van der Waals surface area (Å²) in [5.74, 6) is -0.583. The van der Waals surface area contributed by atoms with Crippen molar-refractivity contribution in [2.45, 2.75) is 26.2 Å². The number of hydrogen-bond donors (Lipinski definition) is 0.